The zero-order chi connectivity index (χ0) is 18.6. The van der Waals surface area contributed by atoms with E-state index in [1.165, 1.54) is 26.4 Å². The molecule has 1 aliphatic heterocycles. The van der Waals surface area contributed by atoms with Crippen molar-refractivity contribution in [1.29, 1.82) is 0 Å². The fourth-order valence-electron chi connectivity index (χ4n) is 2.31. The molecule has 0 bridgehead atoms. The van der Waals surface area contributed by atoms with Crippen LogP contribution in [0.2, 0.25) is 0 Å². The number of esters is 1. The molecule has 3 amide bonds. The maximum atomic E-state index is 12.3. The monoisotopic (exact) mass is 346 g/mol. The first-order chi connectivity index (χ1) is 11.9. The summed E-state index contributed by atoms with van der Waals surface area (Å²) < 4.78 is 9.58. The Labute approximate surface area is 144 Å². The van der Waals surface area contributed by atoms with E-state index in [1.54, 1.807) is 12.1 Å². The summed E-state index contributed by atoms with van der Waals surface area (Å²) >= 11 is 0. The second kappa shape index (κ2) is 7.52. The van der Waals surface area contributed by atoms with Gasteiger partial charge in [-0.1, -0.05) is 6.08 Å². The molecule has 1 saturated heterocycles. The number of amides is 3. The predicted molar refractivity (Wildman–Crippen MR) is 88.8 cm³/mol. The van der Waals surface area contributed by atoms with E-state index in [0.29, 0.717) is 17.5 Å². The van der Waals surface area contributed by atoms with E-state index < -0.39 is 24.5 Å². The van der Waals surface area contributed by atoms with Gasteiger partial charge in [0, 0.05) is 5.56 Å². The lowest BCUT2D eigenvalue weighted by atomic mass is 10.0. The molecule has 1 aromatic carbocycles. The Morgan fingerprint density at radius 1 is 1.36 bits per heavy atom. The van der Waals surface area contributed by atoms with Gasteiger partial charge in [0.25, 0.3) is 5.91 Å². The summed E-state index contributed by atoms with van der Waals surface area (Å²) in [4.78, 5) is 36.2. The van der Waals surface area contributed by atoms with Gasteiger partial charge in [-0.25, -0.2) is 9.69 Å². The zero-order valence-corrected chi connectivity index (χ0v) is 13.9. The van der Waals surface area contributed by atoms with Gasteiger partial charge in [-0.05, 0) is 30.2 Å². The van der Waals surface area contributed by atoms with Gasteiger partial charge in [-0.15, -0.1) is 6.58 Å². The van der Waals surface area contributed by atoms with Crippen LogP contribution in [0.15, 0.2) is 30.5 Å². The van der Waals surface area contributed by atoms with Crippen molar-refractivity contribution < 1.29 is 29.0 Å². The number of benzene rings is 1. The minimum absolute atomic E-state index is 0.00574. The molecule has 8 heteroatoms. The SMILES string of the molecule is C=CCc1cc(/C=C2/NC(=O)N(CC(=O)OC)C2=O)cc(OC)c1O. The van der Waals surface area contributed by atoms with E-state index in [9.17, 15) is 19.5 Å². The molecule has 0 aromatic heterocycles. The molecule has 0 unspecified atom stereocenters. The van der Waals surface area contributed by atoms with E-state index in [1.807, 2.05) is 0 Å². The first kappa shape index (κ1) is 18.1. The molecule has 1 aromatic rings. The van der Waals surface area contributed by atoms with Crippen LogP contribution in [0.25, 0.3) is 6.08 Å². The largest absolute Gasteiger partial charge is 0.504 e. The van der Waals surface area contributed by atoms with E-state index in [4.69, 9.17) is 4.74 Å². The van der Waals surface area contributed by atoms with Crippen LogP contribution in [0.5, 0.6) is 11.5 Å². The van der Waals surface area contributed by atoms with Gasteiger partial charge in [0.05, 0.1) is 14.2 Å². The fourth-order valence-corrected chi connectivity index (χ4v) is 2.31. The van der Waals surface area contributed by atoms with Crippen molar-refractivity contribution >= 4 is 24.0 Å². The number of nitrogens with one attached hydrogen (secondary N) is 1. The predicted octanol–water partition coefficient (Wildman–Crippen LogP) is 1.19. The number of phenols is 1. The van der Waals surface area contributed by atoms with Crippen LogP contribution in [0.4, 0.5) is 4.79 Å². The first-order valence-electron chi connectivity index (χ1n) is 7.33. The van der Waals surface area contributed by atoms with Crippen molar-refractivity contribution in [2.75, 3.05) is 20.8 Å². The van der Waals surface area contributed by atoms with Crippen LogP contribution < -0.4 is 10.1 Å². The molecule has 2 N–H and O–H groups in total. The highest BCUT2D eigenvalue weighted by molar-refractivity contribution is 6.15. The molecule has 132 valence electrons. The molecule has 0 spiro atoms. The highest BCUT2D eigenvalue weighted by atomic mass is 16.5. The molecular weight excluding hydrogens is 328 g/mol. The van der Waals surface area contributed by atoms with Crippen LogP contribution in [0.1, 0.15) is 11.1 Å². The molecule has 2 rings (SSSR count). The Hall–Kier alpha value is -3.29. The third-order valence-electron chi connectivity index (χ3n) is 3.55. The Morgan fingerprint density at radius 2 is 2.08 bits per heavy atom. The second-order valence-electron chi connectivity index (χ2n) is 5.18. The van der Waals surface area contributed by atoms with Crippen molar-refractivity contribution in [3.8, 4) is 11.5 Å². The van der Waals surface area contributed by atoms with Gasteiger partial charge >= 0.3 is 12.0 Å². The number of ether oxygens (including phenoxy) is 2. The average Bonchev–Trinajstić information content (AvgIpc) is 2.85. The number of nitrogens with zero attached hydrogens (tertiary/aromatic N) is 1. The smallest absolute Gasteiger partial charge is 0.329 e. The van der Waals surface area contributed by atoms with Gasteiger partial charge in [-0.3, -0.25) is 9.59 Å². The standard InChI is InChI=1S/C17H18N2O6/c1-4-5-11-6-10(8-13(24-2)15(11)21)7-12-16(22)19(17(23)18-12)9-14(20)25-3/h4,6-8,21H,1,5,9H2,2-3H3,(H,18,23)/b12-7+. The van der Waals surface area contributed by atoms with Crippen molar-refractivity contribution in [1.82, 2.24) is 10.2 Å². The van der Waals surface area contributed by atoms with Crippen molar-refractivity contribution in [3.63, 3.8) is 0 Å². The summed E-state index contributed by atoms with van der Waals surface area (Å²) in [5.41, 5.74) is 1.10. The number of rotatable bonds is 6. The van der Waals surface area contributed by atoms with Crippen molar-refractivity contribution in [3.05, 3.63) is 41.6 Å². The van der Waals surface area contributed by atoms with Crippen LogP contribution in [0, 0.1) is 0 Å². The third kappa shape index (κ3) is 3.79. The molecule has 0 radical (unpaired) electrons. The highest BCUT2D eigenvalue weighted by Gasteiger charge is 2.35. The summed E-state index contributed by atoms with van der Waals surface area (Å²) in [6.07, 6.45) is 3.45. The summed E-state index contributed by atoms with van der Waals surface area (Å²) in [5.74, 6) is -1.13. The van der Waals surface area contributed by atoms with Gasteiger partial charge < -0.3 is 19.9 Å². The minimum Gasteiger partial charge on any atom is -0.504 e. The van der Waals surface area contributed by atoms with Gasteiger partial charge in [0.1, 0.15) is 12.2 Å². The molecule has 0 atom stereocenters. The van der Waals surface area contributed by atoms with Crippen LogP contribution in [0.3, 0.4) is 0 Å². The van der Waals surface area contributed by atoms with Crippen LogP contribution >= 0.6 is 0 Å². The number of hydrogen-bond acceptors (Lipinski definition) is 6. The summed E-state index contributed by atoms with van der Waals surface area (Å²) in [5, 5.41) is 12.5. The van der Waals surface area contributed by atoms with E-state index in [0.717, 1.165) is 4.90 Å². The Morgan fingerprint density at radius 3 is 2.68 bits per heavy atom. The van der Waals surface area contributed by atoms with E-state index in [2.05, 4.69) is 16.6 Å². The maximum absolute atomic E-state index is 12.3. The molecule has 25 heavy (non-hydrogen) atoms. The average molecular weight is 346 g/mol. The summed E-state index contributed by atoms with van der Waals surface area (Å²) in [7, 11) is 2.58. The third-order valence-corrected chi connectivity index (χ3v) is 3.55. The zero-order valence-electron chi connectivity index (χ0n) is 13.9. The maximum Gasteiger partial charge on any atom is 0.329 e. The van der Waals surface area contributed by atoms with E-state index >= 15 is 0 Å². The molecule has 1 aliphatic rings. The number of carbonyl (C=O) groups is 3. The highest BCUT2D eigenvalue weighted by Crippen LogP contribution is 2.33. The lowest BCUT2D eigenvalue weighted by Gasteiger charge is -2.10. The van der Waals surface area contributed by atoms with Gasteiger partial charge in [-0.2, -0.15) is 0 Å². The second-order valence-corrected chi connectivity index (χ2v) is 5.18. The molecule has 0 saturated carbocycles. The topological polar surface area (TPSA) is 105 Å². The molecule has 8 nitrogen and oxygen atoms in total. The Balaban J connectivity index is 2.35. The number of aromatic hydroxyl groups is 1. The number of methoxy groups -OCH3 is 2. The lowest BCUT2D eigenvalue weighted by Crippen LogP contribution is -2.36. The number of hydrogen-bond donors (Lipinski definition) is 2. The van der Waals surface area contributed by atoms with Crippen LogP contribution in [-0.4, -0.2) is 48.7 Å². The summed E-state index contributed by atoms with van der Waals surface area (Å²) in [6, 6.07) is 2.46. The van der Waals surface area contributed by atoms with Crippen molar-refractivity contribution in [2.45, 2.75) is 6.42 Å². The first-order valence-corrected chi connectivity index (χ1v) is 7.33. The number of carbonyl (C=O) groups excluding carboxylic acids is 3. The van der Waals surface area contributed by atoms with Crippen LogP contribution in [-0.2, 0) is 20.7 Å². The fraction of sp³-hybridized carbons (Fsp3) is 0.235. The number of allylic oxidation sites excluding steroid dienone is 1. The lowest BCUT2D eigenvalue weighted by molar-refractivity contribution is -0.143. The minimum atomic E-state index is -0.710. The number of phenolic OH excluding ortho intramolecular Hbond substituents is 1. The summed E-state index contributed by atoms with van der Waals surface area (Å²) in [6.45, 7) is 3.15. The molecule has 0 aliphatic carbocycles. The molecular formula is C17H18N2O6. The molecule has 1 fully saturated rings. The quantitative estimate of drug-likeness (QED) is 0.347. The van der Waals surface area contributed by atoms with Gasteiger partial charge in [0.2, 0.25) is 0 Å². The number of urea groups is 1. The Kier molecular flexibility index (Phi) is 5.43. The normalized spacial score (nSPS) is 15.3. The Bertz CT molecular complexity index is 769. The number of imide groups is 1. The van der Waals surface area contributed by atoms with E-state index in [-0.39, 0.29) is 17.2 Å². The van der Waals surface area contributed by atoms with Crippen molar-refractivity contribution in [2.24, 2.45) is 0 Å². The molecule has 1 heterocycles. The van der Waals surface area contributed by atoms with Gasteiger partial charge in [0.15, 0.2) is 11.5 Å².